The van der Waals surface area contributed by atoms with E-state index in [4.69, 9.17) is 15.1 Å². The summed E-state index contributed by atoms with van der Waals surface area (Å²) in [6.07, 6.45) is 45.5. The smallest absolute Gasteiger partial charge is 0.493 e. The van der Waals surface area contributed by atoms with Gasteiger partial charge in [-0.1, -0.05) is 180 Å². The standard InChI is InChI=1S/C14H16F3NOS.C14H14F3NO.C8H17N.C6H12O.4C5H10.8CH3.4Fe/c15-14(16,17)20-12-7-5-11(6-8-12)13(19)18-9-10-3-1-2-4-10;15-14(16,17)12-6-5-11(8-18)7-13(12)19-9-10-3-1-2-4-10;1-9(2)7-8-5-3-4-6-8;7-5-6-3-1-2-4-6;4*1-2-4-5-3-1;;;;;;;;;;;;/h5-8,10H,1-4,9H2,(H,18,19);5-7,10H,1-4,9H2;8H,3-7H2,1-2H3;6-7H,1-5H2;4*1-5H2;8*1H3;;;;/q;;;;;;;;8*-1;4*+2. The molecule has 0 spiro atoms. The summed E-state index contributed by atoms with van der Waals surface area (Å²) in [4.78, 5) is 14.2. The molecule has 516 valence electrons. The van der Waals surface area contributed by atoms with Gasteiger partial charge in [0.1, 0.15) is 5.75 Å². The second-order valence-electron chi connectivity index (χ2n) is 22.5. The largest absolute Gasteiger partial charge is 2.00 e. The van der Waals surface area contributed by atoms with Crippen molar-refractivity contribution in [3.63, 3.8) is 0 Å². The van der Waals surface area contributed by atoms with E-state index in [0.29, 0.717) is 36.5 Å². The molecule has 0 aromatic heterocycles. The Morgan fingerprint density at radius 1 is 0.529 bits per heavy atom. The van der Waals surface area contributed by atoms with Gasteiger partial charge in [0.25, 0.3) is 5.91 Å². The molecule has 8 fully saturated rings. The average molecular weight is 1420 g/mol. The summed E-state index contributed by atoms with van der Waals surface area (Å²) in [7, 11) is 4.33. The fraction of sp³-hybridized carbons (Fsp3) is 0.686. The molecule has 0 atom stereocenters. The number of rotatable bonds is 10. The van der Waals surface area contributed by atoms with Crippen LogP contribution in [-0.4, -0.2) is 61.8 Å². The molecule has 17 heteroatoms. The van der Waals surface area contributed by atoms with Gasteiger partial charge in [-0.3, -0.25) is 4.79 Å². The summed E-state index contributed by atoms with van der Waals surface area (Å²) in [5.74, 6) is 2.07. The van der Waals surface area contributed by atoms with Crippen LogP contribution in [0, 0.1) is 94.4 Å². The number of carbonyl (C=O) groups is 1. The normalized spacial score (nSPS) is 17.0. The van der Waals surface area contributed by atoms with Crippen LogP contribution in [0.2, 0.25) is 0 Å². The molecule has 0 heterocycles. The Morgan fingerprint density at radius 2 is 0.862 bits per heavy atom. The number of benzene rings is 2. The molecular weight excluding hydrogens is 1300 g/mol. The van der Waals surface area contributed by atoms with Crippen LogP contribution in [0.1, 0.15) is 253 Å². The van der Waals surface area contributed by atoms with Crippen LogP contribution < -0.4 is 10.1 Å². The van der Waals surface area contributed by atoms with E-state index < -0.39 is 17.2 Å². The summed E-state index contributed by atoms with van der Waals surface area (Å²) in [5.41, 5.74) is -4.54. The predicted molar refractivity (Wildman–Crippen MR) is 349 cm³/mol. The maximum absolute atomic E-state index is 12.8. The van der Waals surface area contributed by atoms with Crippen molar-refractivity contribution >= 4 is 17.7 Å². The Morgan fingerprint density at radius 3 is 1.16 bits per heavy atom. The molecule has 8 aliphatic rings. The van der Waals surface area contributed by atoms with Crippen molar-refractivity contribution in [3.05, 3.63) is 119 Å². The number of halogens is 6. The monoisotopic (exact) mass is 1420 g/mol. The number of thioether (sulfide) groups is 1. The maximum atomic E-state index is 12.8. The molecule has 1 amide bonds. The van der Waals surface area contributed by atoms with Gasteiger partial charge in [-0.25, -0.2) is 0 Å². The summed E-state index contributed by atoms with van der Waals surface area (Å²) in [6.45, 7) is 2.66. The molecule has 0 radical (unpaired) electrons. The molecule has 0 bridgehead atoms. The van der Waals surface area contributed by atoms with Crippen LogP contribution in [0.3, 0.4) is 0 Å². The maximum Gasteiger partial charge on any atom is 2.00 e. The number of hydrogen-bond donors (Lipinski definition) is 2. The van der Waals surface area contributed by atoms with Crippen molar-refractivity contribution in [3.8, 4) is 11.8 Å². The molecule has 2 N–H and O–H groups in total. The molecule has 8 saturated carbocycles. The van der Waals surface area contributed by atoms with Gasteiger partial charge in [0.15, 0.2) is 0 Å². The number of carbonyl (C=O) groups excluding carboxylic acids is 1. The first-order valence-electron chi connectivity index (χ1n) is 29.8. The number of alkyl halides is 6. The van der Waals surface area contributed by atoms with E-state index in [2.05, 4.69) is 24.3 Å². The number of aliphatic hydroxyl groups is 1. The van der Waals surface area contributed by atoms with Crippen LogP contribution in [0.4, 0.5) is 26.3 Å². The number of hydrogen-bond acceptors (Lipinski definition) is 6. The zero-order valence-corrected chi connectivity index (χ0v) is 61.1. The predicted octanol–water partition coefficient (Wildman–Crippen LogP) is 22.7. The Hall–Kier alpha value is -0.872. The van der Waals surface area contributed by atoms with Crippen molar-refractivity contribution < 1.29 is 109 Å². The Bertz CT molecular complexity index is 1700. The fourth-order valence-corrected chi connectivity index (χ4v) is 11.7. The van der Waals surface area contributed by atoms with Crippen LogP contribution >= 0.6 is 11.8 Å². The first-order valence-corrected chi connectivity index (χ1v) is 30.6. The van der Waals surface area contributed by atoms with Gasteiger partial charge >= 0.3 is 80.0 Å². The first-order chi connectivity index (χ1) is 36.2. The van der Waals surface area contributed by atoms with E-state index in [9.17, 15) is 31.1 Å². The first kappa shape index (κ1) is 108. The number of nitrogens with zero attached hydrogens (tertiary/aromatic N) is 2. The van der Waals surface area contributed by atoms with Gasteiger partial charge < -0.3 is 79.5 Å². The van der Waals surface area contributed by atoms with Gasteiger partial charge in [-0.2, -0.15) is 31.6 Å². The SMILES string of the molecule is C1CCCC1.C1CCCC1.C1CCCC1.C1CCCC1.CN(C)CC1CCCC1.N#Cc1ccc(C(F)(F)F)c(OCC2CCCC2)c1.O=C(NCC1CCCC1)c1ccc(SC(F)(F)F)cc1.OCC1CCCC1.[CH3-].[CH3-].[CH3-].[CH3-].[CH3-].[CH3-].[CH3-].[CH3-].[Fe+2].[Fe+2].[Fe+2].[Fe+2]. The fourth-order valence-electron chi connectivity index (χ4n) is 11.1. The summed E-state index contributed by atoms with van der Waals surface area (Å²) in [6, 6.07) is 10.6. The van der Waals surface area contributed by atoms with E-state index >= 15 is 0 Å². The summed E-state index contributed by atoms with van der Waals surface area (Å²) < 4.78 is 80.3. The number of aliphatic hydroxyl groups excluding tert-OH is 1. The third-order valence-corrected chi connectivity index (χ3v) is 16.3. The molecule has 6 nitrogen and oxygen atoms in total. The van der Waals surface area contributed by atoms with Crippen LogP contribution in [-0.2, 0) is 74.5 Å². The van der Waals surface area contributed by atoms with Gasteiger partial charge in [0, 0.05) is 30.2 Å². The van der Waals surface area contributed by atoms with Gasteiger partial charge in [0.2, 0.25) is 0 Å². The molecule has 0 saturated heterocycles. The second kappa shape index (κ2) is 66.6. The molecule has 0 aliphatic heterocycles. The Labute approximate surface area is 580 Å². The van der Waals surface area contributed by atoms with Gasteiger partial charge in [-0.15, -0.1) is 0 Å². The van der Waals surface area contributed by atoms with Crippen molar-refractivity contribution in [2.24, 2.45) is 23.7 Å². The topological polar surface area (TPSA) is 85.6 Å². The van der Waals surface area contributed by atoms with E-state index in [1.807, 2.05) is 6.07 Å². The minimum Gasteiger partial charge on any atom is -0.493 e. The van der Waals surface area contributed by atoms with Gasteiger partial charge in [-0.05, 0) is 143 Å². The van der Waals surface area contributed by atoms with Crippen molar-refractivity contribution in [1.82, 2.24) is 10.2 Å². The average Bonchev–Trinajstić information content (AvgIpc) is 4.26. The van der Waals surface area contributed by atoms with E-state index in [1.165, 1.54) is 223 Å². The zero-order valence-electron chi connectivity index (χ0n) is 55.9. The summed E-state index contributed by atoms with van der Waals surface area (Å²) >= 11 is -0.177. The minimum atomic E-state index is -4.46. The third kappa shape index (κ3) is 55.3. The molecular formula is C70H123F6Fe4N3O3S. The number of ether oxygens (including phenoxy) is 1. The van der Waals surface area contributed by atoms with Crippen LogP contribution in [0.15, 0.2) is 47.4 Å². The molecule has 87 heavy (non-hydrogen) atoms. The Balaban J connectivity index is -0.000000101. The van der Waals surface area contributed by atoms with E-state index in [-0.39, 0.29) is 168 Å². The quantitative estimate of drug-likeness (QED) is 0.107. The molecule has 10 rings (SSSR count). The molecule has 2 aromatic rings. The number of amides is 1. The van der Waals surface area contributed by atoms with Crippen LogP contribution in [0.5, 0.6) is 5.75 Å². The van der Waals surface area contributed by atoms with E-state index in [1.54, 1.807) is 0 Å². The number of nitriles is 1. The third-order valence-electron chi connectivity index (χ3n) is 15.6. The Kier molecular flexibility index (Phi) is 82.4. The van der Waals surface area contributed by atoms with E-state index in [0.717, 1.165) is 62.6 Å². The van der Waals surface area contributed by atoms with Gasteiger partial charge in [0.05, 0.1) is 23.8 Å². The molecule has 8 aliphatic carbocycles. The zero-order chi connectivity index (χ0) is 54.4. The molecule has 2 aromatic carbocycles. The summed E-state index contributed by atoms with van der Waals surface area (Å²) in [5, 5.41) is 20.2. The van der Waals surface area contributed by atoms with Crippen molar-refractivity contribution in [2.45, 2.75) is 248 Å². The minimum absolute atomic E-state index is 0. The van der Waals surface area contributed by atoms with Crippen molar-refractivity contribution in [1.29, 1.82) is 5.26 Å². The second-order valence-corrected chi connectivity index (χ2v) is 23.7. The number of nitrogens with one attached hydrogen (secondary N) is 1. The van der Waals surface area contributed by atoms with Crippen LogP contribution in [0.25, 0.3) is 0 Å². The van der Waals surface area contributed by atoms with Crippen molar-refractivity contribution in [2.75, 3.05) is 40.4 Å². The molecule has 0 unspecified atom stereocenters.